The van der Waals surface area contributed by atoms with Gasteiger partial charge in [0.1, 0.15) is 0 Å². The van der Waals surface area contributed by atoms with E-state index in [1.54, 1.807) is 0 Å². The highest BCUT2D eigenvalue weighted by Crippen LogP contribution is 2.08. The van der Waals surface area contributed by atoms with Crippen LogP contribution in [0.5, 0.6) is 0 Å². The van der Waals surface area contributed by atoms with Crippen LogP contribution < -0.4 is 10.6 Å². The van der Waals surface area contributed by atoms with Crippen molar-refractivity contribution in [2.24, 2.45) is 10.9 Å². The Morgan fingerprint density at radius 1 is 1.04 bits per heavy atom. The third kappa shape index (κ3) is 13.0. The van der Waals surface area contributed by atoms with Crippen molar-refractivity contribution >= 4 is 29.9 Å². The first-order chi connectivity index (χ1) is 10.7. The van der Waals surface area contributed by atoms with Gasteiger partial charge in [-0.2, -0.15) is 0 Å². The number of nitrogens with zero attached hydrogens (tertiary/aromatic N) is 2. The van der Waals surface area contributed by atoms with E-state index in [2.05, 4.69) is 41.3 Å². The van der Waals surface area contributed by atoms with Gasteiger partial charge in [-0.15, -0.1) is 24.0 Å². The number of nitrogens with one attached hydrogen (secondary N) is 2. The van der Waals surface area contributed by atoms with Crippen LogP contribution in [0.3, 0.4) is 0 Å². The number of halogens is 1. The quantitative estimate of drug-likeness (QED) is 0.223. The van der Waals surface area contributed by atoms with E-state index in [0.29, 0.717) is 0 Å². The fourth-order valence-electron chi connectivity index (χ4n) is 2.87. The molecule has 0 amide bonds. The Bertz CT molecular complexity index is 289. The Kier molecular flexibility index (Phi) is 15.5. The Balaban J connectivity index is 0.00000484. The zero-order chi connectivity index (χ0) is 16.0. The third-order valence-electron chi connectivity index (χ3n) is 4.20. The average Bonchev–Trinajstić information content (AvgIpc) is 2.99. The van der Waals surface area contributed by atoms with Gasteiger partial charge in [0.25, 0.3) is 0 Å². The van der Waals surface area contributed by atoms with Gasteiger partial charge in [0.15, 0.2) is 5.96 Å². The summed E-state index contributed by atoms with van der Waals surface area (Å²) in [5.41, 5.74) is 0. The monoisotopic (exact) mass is 438 g/mol. The molecular weight excluding hydrogens is 399 g/mol. The van der Waals surface area contributed by atoms with Gasteiger partial charge in [-0.1, -0.05) is 26.7 Å². The van der Waals surface area contributed by atoms with Gasteiger partial charge in [-0.25, -0.2) is 0 Å². The fourth-order valence-corrected chi connectivity index (χ4v) is 2.87. The van der Waals surface area contributed by atoms with Crippen LogP contribution in [-0.4, -0.2) is 50.1 Å². The molecule has 0 radical (unpaired) electrons. The van der Waals surface area contributed by atoms with E-state index in [0.717, 1.165) is 31.5 Å². The van der Waals surface area contributed by atoms with Crippen molar-refractivity contribution in [3.05, 3.63) is 0 Å². The normalized spacial score (nSPS) is 15.7. The summed E-state index contributed by atoms with van der Waals surface area (Å²) in [6.07, 6.45) is 9.11. The number of guanidine groups is 1. The Labute approximate surface area is 161 Å². The molecule has 5 heteroatoms. The van der Waals surface area contributed by atoms with Crippen molar-refractivity contribution < 1.29 is 0 Å². The minimum absolute atomic E-state index is 0. The lowest BCUT2D eigenvalue weighted by Crippen LogP contribution is -2.38. The number of hydrogen-bond donors (Lipinski definition) is 2. The molecule has 23 heavy (non-hydrogen) atoms. The summed E-state index contributed by atoms with van der Waals surface area (Å²) in [5.74, 6) is 1.80. The molecule has 1 saturated heterocycles. The number of aliphatic imine (C=N–C) groups is 1. The second-order valence-corrected chi connectivity index (χ2v) is 6.83. The molecule has 2 N–H and O–H groups in total. The molecule has 0 bridgehead atoms. The molecule has 1 rings (SSSR count). The number of unbranched alkanes of at least 4 members (excludes halogenated alkanes) is 2. The van der Waals surface area contributed by atoms with Gasteiger partial charge in [0.2, 0.25) is 0 Å². The predicted molar refractivity (Wildman–Crippen MR) is 113 cm³/mol. The first-order valence-corrected chi connectivity index (χ1v) is 9.47. The number of likely N-dealkylation sites (tertiary alicyclic amines) is 1. The van der Waals surface area contributed by atoms with Crippen molar-refractivity contribution in [2.45, 2.75) is 65.7 Å². The Morgan fingerprint density at radius 2 is 1.78 bits per heavy atom. The van der Waals surface area contributed by atoms with Gasteiger partial charge in [0, 0.05) is 19.6 Å². The van der Waals surface area contributed by atoms with Crippen LogP contribution in [0, 0.1) is 5.92 Å². The molecule has 0 aromatic carbocycles. The molecule has 138 valence electrons. The minimum Gasteiger partial charge on any atom is -0.357 e. The van der Waals surface area contributed by atoms with Crippen LogP contribution in [0.15, 0.2) is 4.99 Å². The van der Waals surface area contributed by atoms with Crippen molar-refractivity contribution in [3.63, 3.8) is 0 Å². The van der Waals surface area contributed by atoms with Crippen LogP contribution >= 0.6 is 24.0 Å². The van der Waals surface area contributed by atoms with E-state index in [4.69, 9.17) is 0 Å². The highest BCUT2D eigenvalue weighted by Gasteiger charge is 2.09. The lowest BCUT2D eigenvalue weighted by Gasteiger charge is -2.15. The van der Waals surface area contributed by atoms with E-state index >= 15 is 0 Å². The smallest absolute Gasteiger partial charge is 0.191 e. The highest BCUT2D eigenvalue weighted by molar-refractivity contribution is 14.0. The second-order valence-electron chi connectivity index (χ2n) is 6.83. The molecule has 1 aliphatic heterocycles. The first-order valence-electron chi connectivity index (χ1n) is 9.47. The van der Waals surface area contributed by atoms with Gasteiger partial charge in [-0.3, -0.25) is 4.99 Å². The summed E-state index contributed by atoms with van der Waals surface area (Å²) in [4.78, 5) is 7.26. The van der Waals surface area contributed by atoms with Crippen molar-refractivity contribution in [3.8, 4) is 0 Å². The SMILES string of the molecule is CCNC(=NCCCCC(C)C)NCCCCN1CCCC1.I. The maximum atomic E-state index is 4.67. The van der Waals surface area contributed by atoms with E-state index in [9.17, 15) is 0 Å². The molecule has 1 heterocycles. The summed E-state index contributed by atoms with van der Waals surface area (Å²) in [6, 6.07) is 0. The van der Waals surface area contributed by atoms with Crippen LogP contribution in [0.1, 0.15) is 65.7 Å². The summed E-state index contributed by atoms with van der Waals surface area (Å²) in [5, 5.41) is 6.81. The van der Waals surface area contributed by atoms with Gasteiger partial charge >= 0.3 is 0 Å². The zero-order valence-corrected chi connectivity index (χ0v) is 17.9. The van der Waals surface area contributed by atoms with Gasteiger partial charge in [-0.05, 0) is 64.6 Å². The molecule has 1 aliphatic rings. The molecule has 4 nitrogen and oxygen atoms in total. The standard InChI is InChI=1S/C18H38N4.HI/c1-4-19-18(20-12-6-5-11-17(2)3)21-13-7-8-14-22-15-9-10-16-22;/h17H,4-16H2,1-3H3,(H2,19,20,21);1H. The molecule has 0 aliphatic carbocycles. The fraction of sp³-hybridized carbons (Fsp3) is 0.944. The lowest BCUT2D eigenvalue weighted by molar-refractivity contribution is 0.330. The molecule has 0 aromatic heterocycles. The maximum Gasteiger partial charge on any atom is 0.191 e. The summed E-state index contributed by atoms with van der Waals surface area (Å²) < 4.78 is 0. The van der Waals surface area contributed by atoms with Crippen LogP contribution in [0.25, 0.3) is 0 Å². The van der Waals surface area contributed by atoms with Crippen LogP contribution in [0.2, 0.25) is 0 Å². The highest BCUT2D eigenvalue weighted by atomic mass is 127. The summed E-state index contributed by atoms with van der Waals surface area (Å²) in [7, 11) is 0. The second kappa shape index (κ2) is 15.5. The number of hydrogen-bond acceptors (Lipinski definition) is 2. The van der Waals surface area contributed by atoms with Gasteiger partial charge in [0.05, 0.1) is 0 Å². The minimum atomic E-state index is 0. The van der Waals surface area contributed by atoms with E-state index in [1.165, 1.54) is 64.6 Å². The van der Waals surface area contributed by atoms with Crippen molar-refractivity contribution in [1.82, 2.24) is 15.5 Å². The van der Waals surface area contributed by atoms with Crippen LogP contribution in [-0.2, 0) is 0 Å². The topological polar surface area (TPSA) is 39.7 Å². The third-order valence-corrected chi connectivity index (χ3v) is 4.20. The van der Waals surface area contributed by atoms with E-state index in [-0.39, 0.29) is 24.0 Å². The van der Waals surface area contributed by atoms with Crippen molar-refractivity contribution in [2.75, 3.05) is 39.3 Å². The summed E-state index contributed by atoms with van der Waals surface area (Å²) in [6.45, 7) is 13.5. The summed E-state index contributed by atoms with van der Waals surface area (Å²) >= 11 is 0. The molecule has 0 aromatic rings. The van der Waals surface area contributed by atoms with Crippen LogP contribution in [0.4, 0.5) is 0 Å². The Hall–Kier alpha value is -0.0400. The largest absolute Gasteiger partial charge is 0.357 e. The number of rotatable bonds is 11. The molecule has 0 spiro atoms. The Morgan fingerprint density at radius 3 is 2.43 bits per heavy atom. The lowest BCUT2D eigenvalue weighted by atomic mass is 10.1. The first kappa shape index (κ1) is 23.0. The van der Waals surface area contributed by atoms with Gasteiger partial charge < -0.3 is 15.5 Å². The predicted octanol–water partition coefficient (Wildman–Crippen LogP) is 3.86. The van der Waals surface area contributed by atoms with Crippen molar-refractivity contribution in [1.29, 1.82) is 0 Å². The average molecular weight is 438 g/mol. The molecule has 0 saturated carbocycles. The molecular formula is C18H39IN4. The van der Waals surface area contributed by atoms with E-state index in [1.807, 2.05) is 0 Å². The molecule has 1 fully saturated rings. The van der Waals surface area contributed by atoms with E-state index < -0.39 is 0 Å². The maximum absolute atomic E-state index is 4.67. The molecule has 0 atom stereocenters. The zero-order valence-electron chi connectivity index (χ0n) is 15.6. The molecule has 0 unspecified atom stereocenters.